The van der Waals surface area contributed by atoms with E-state index in [1.807, 2.05) is 30.3 Å². The maximum atomic E-state index is 12.4. The highest BCUT2D eigenvalue weighted by Gasteiger charge is 2.54. The first-order chi connectivity index (χ1) is 12.0. The molecular weight excluding hydrogens is 360 g/mol. The zero-order valence-corrected chi connectivity index (χ0v) is 14.8. The Morgan fingerprint density at radius 3 is 2.76 bits per heavy atom. The quantitative estimate of drug-likeness (QED) is 0.737. The molecule has 2 N–H and O–H groups in total. The van der Waals surface area contributed by atoms with Gasteiger partial charge in [-0.25, -0.2) is 4.79 Å². The summed E-state index contributed by atoms with van der Waals surface area (Å²) in [5.41, 5.74) is 0.850. The molecule has 1 aromatic rings. The number of carboxylic acid groups (broad SMARTS) is 1. The van der Waals surface area contributed by atoms with Gasteiger partial charge in [0.1, 0.15) is 17.1 Å². The van der Waals surface area contributed by atoms with E-state index in [0.717, 1.165) is 5.56 Å². The standard InChI is InChI=1S/C17H16N2O4S2/c1-2-24-11-9-25-16-13(15(21)19(16)14(11)17(22)23)18-12(20)8-10-6-4-3-5-7-10/h2-7,13,16H,1,8-9H2,(H,18,20)(H,22,23)/t13?,16-/m1/s1. The molecule has 0 bridgehead atoms. The van der Waals surface area contributed by atoms with Crippen molar-refractivity contribution in [2.45, 2.75) is 17.8 Å². The number of rotatable bonds is 6. The molecule has 1 unspecified atom stereocenters. The number of benzene rings is 1. The van der Waals surface area contributed by atoms with Crippen LogP contribution in [-0.4, -0.2) is 45.0 Å². The van der Waals surface area contributed by atoms with Crippen LogP contribution in [0.5, 0.6) is 0 Å². The van der Waals surface area contributed by atoms with Gasteiger partial charge in [0.25, 0.3) is 5.91 Å². The van der Waals surface area contributed by atoms with Crippen LogP contribution >= 0.6 is 23.5 Å². The molecule has 130 valence electrons. The number of nitrogens with zero attached hydrogens (tertiary/aromatic N) is 1. The number of aliphatic carboxylic acids is 1. The monoisotopic (exact) mass is 376 g/mol. The average molecular weight is 376 g/mol. The van der Waals surface area contributed by atoms with Crippen LogP contribution in [0.1, 0.15) is 5.56 Å². The normalized spacial score (nSPS) is 22.1. The Morgan fingerprint density at radius 2 is 2.12 bits per heavy atom. The van der Waals surface area contributed by atoms with Gasteiger partial charge in [0.2, 0.25) is 5.91 Å². The molecule has 2 amide bonds. The van der Waals surface area contributed by atoms with Crippen LogP contribution < -0.4 is 5.32 Å². The molecule has 2 aliphatic rings. The molecule has 6 nitrogen and oxygen atoms in total. The number of hydrogen-bond donors (Lipinski definition) is 2. The second-order valence-corrected chi connectivity index (χ2v) is 7.65. The Kier molecular flexibility index (Phi) is 5.19. The molecule has 2 aliphatic heterocycles. The van der Waals surface area contributed by atoms with Crippen molar-refractivity contribution in [1.82, 2.24) is 10.2 Å². The smallest absolute Gasteiger partial charge is 0.353 e. The van der Waals surface area contributed by atoms with E-state index in [0.29, 0.717) is 10.7 Å². The minimum atomic E-state index is -1.14. The summed E-state index contributed by atoms with van der Waals surface area (Å²) < 4.78 is 0. The van der Waals surface area contributed by atoms with E-state index in [9.17, 15) is 19.5 Å². The van der Waals surface area contributed by atoms with E-state index in [4.69, 9.17) is 0 Å². The molecule has 0 saturated carbocycles. The maximum absolute atomic E-state index is 12.4. The molecule has 1 aromatic carbocycles. The summed E-state index contributed by atoms with van der Waals surface area (Å²) in [5.74, 6) is -1.31. The Morgan fingerprint density at radius 1 is 1.40 bits per heavy atom. The third-order valence-electron chi connectivity index (χ3n) is 3.89. The lowest BCUT2D eigenvalue weighted by molar-refractivity contribution is -0.150. The highest BCUT2D eigenvalue weighted by molar-refractivity contribution is 8.08. The highest BCUT2D eigenvalue weighted by Crippen LogP contribution is 2.43. The molecular formula is C17H16N2O4S2. The van der Waals surface area contributed by atoms with E-state index < -0.39 is 17.9 Å². The number of carboxylic acids is 1. The third kappa shape index (κ3) is 3.45. The molecule has 1 fully saturated rings. The molecule has 2 atom stereocenters. The fourth-order valence-corrected chi connectivity index (χ4v) is 4.96. The van der Waals surface area contributed by atoms with Crippen LogP contribution in [0, 0.1) is 0 Å². The number of fused-ring (bicyclic) bond motifs is 1. The fraction of sp³-hybridized carbons (Fsp3) is 0.235. The first-order valence-electron chi connectivity index (χ1n) is 7.55. The minimum Gasteiger partial charge on any atom is -0.477 e. The van der Waals surface area contributed by atoms with E-state index in [1.54, 1.807) is 5.41 Å². The second kappa shape index (κ2) is 7.37. The number of hydrogen-bond acceptors (Lipinski definition) is 5. The topological polar surface area (TPSA) is 86.7 Å². The lowest BCUT2D eigenvalue weighted by Gasteiger charge is -2.49. The van der Waals surface area contributed by atoms with Gasteiger partial charge in [-0.3, -0.25) is 14.5 Å². The van der Waals surface area contributed by atoms with E-state index in [1.165, 1.54) is 28.4 Å². The van der Waals surface area contributed by atoms with Crippen LogP contribution in [0.3, 0.4) is 0 Å². The van der Waals surface area contributed by atoms with Gasteiger partial charge >= 0.3 is 5.97 Å². The average Bonchev–Trinajstić information content (AvgIpc) is 2.60. The van der Waals surface area contributed by atoms with Gasteiger partial charge in [0, 0.05) is 10.7 Å². The van der Waals surface area contributed by atoms with Gasteiger partial charge in [-0.1, -0.05) is 48.7 Å². The first kappa shape index (κ1) is 17.6. The summed E-state index contributed by atoms with van der Waals surface area (Å²) in [6, 6.07) is 8.55. The van der Waals surface area contributed by atoms with Crippen molar-refractivity contribution < 1.29 is 19.5 Å². The molecule has 0 spiro atoms. The van der Waals surface area contributed by atoms with Crippen LogP contribution in [-0.2, 0) is 20.8 Å². The Balaban J connectivity index is 1.70. The van der Waals surface area contributed by atoms with Crippen molar-refractivity contribution in [3.8, 4) is 0 Å². The Hall–Kier alpha value is -2.19. The summed E-state index contributed by atoms with van der Waals surface area (Å²) in [5, 5.41) is 13.3. The summed E-state index contributed by atoms with van der Waals surface area (Å²) in [7, 11) is 0. The SMILES string of the molecule is C=CSC1=C(C(=O)O)N2C(=O)C(NC(=O)Cc3ccccc3)[C@H]2SC1. The molecule has 0 radical (unpaired) electrons. The van der Waals surface area contributed by atoms with E-state index >= 15 is 0 Å². The number of β-lactam (4-membered cyclic amide) rings is 1. The van der Waals surface area contributed by atoms with Gasteiger partial charge < -0.3 is 10.4 Å². The van der Waals surface area contributed by atoms with Gasteiger partial charge in [0.05, 0.1) is 6.42 Å². The van der Waals surface area contributed by atoms with Crippen molar-refractivity contribution in [2.75, 3.05) is 5.75 Å². The number of carbonyl (C=O) groups excluding carboxylic acids is 2. The summed E-state index contributed by atoms with van der Waals surface area (Å²) in [4.78, 5) is 38.0. The van der Waals surface area contributed by atoms with E-state index in [-0.39, 0.29) is 23.4 Å². The van der Waals surface area contributed by atoms with Crippen molar-refractivity contribution in [3.63, 3.8) is 0 Å². The van der Waals surface area contributed by atoms with Gasteiger partial charge in [-0.05, 0) is 11.0 Å². The molecule has 8 heteroatoms. The lowest BCUT2D eigenvalue weighted by Crippen LogP contribution is -2.70. The second-order valence-electron chi connectivity index (χ2n) is 5.48. The summed E-state index contributed by atoms with van der Waals surface area (Å²) in [6.07, 6.45) is 0.182. The molecule has 0 aliphatic carbocycles. The summed E-state index contributed by atoms with van der Waals surface area (Å²) >= 11 is 2.65. The maximum Gasteiger partial charge on any atom is 0.353 e. The van der Waals surface area contributed by atoms with Crippen LogP contribution in [0.15, 0.2) is 52.9 Å². The zero-order chi connectivity index (χ0) is 18.0. The molecule has 2 heterocycles. The molecule has 1 saturated heterocycles. The lowest BCUT2D eigenvalue weighted by atomic mass is 10.0. The molecule has 3 rings (SSSR count). The minimum absolute atomic E-state index is 0.00721. The van der Waals surface area contributed by atoms with Crippen molar-refractivity contribution in [2.24, 2.45) is 0 Å². The van der Waals surface area contributed by atoms with Crippen LogP contribution in [0.25, 0.3) is 0 Å². The number of amides is 2. The fourth-order valence-electron chi connectivity index (χ4n) is 2.79. The Bertz CT molecular complexity index is 763. The van der Waals surface area contributed by atoms with Crippen molar-refractivity contribution in [3.05, 3.63) is 58.5 Å². The van der Waals surface area contributed by atoms with Crippen LogP contribution in [0.4, 0.5) is 0 Å². The molecule has 0 aromatic heterocycles. The zero-order valence-electron chi connectivity index (χ0n) is 13.2. The number of carbonyl (C=O) groups is 3. The van der Waals surface area contributed by atoms with E-state index in [2.05, 4.69) is 11.9 Å². The predicted octanol–water partition coefficient (Wildman–Crippen LogP) is 1.80. The van der Waals surface area contributed by atoms with Gasteiger partial charge in [-0.15, -0.1) is 11.8 Å². The number of nitrogens with one attached hydrogen (secondary N) is 1. The van der Waals surface area contributed by atoms with Crippen LogP contribution in [0.2, 0.25) is 0 Å². The van der Waals surface area contributed by atoms with Gasteiger partial charge in [-0.2, -0.15) is 0 Å². The first-order valence-corrected chi connectivity index (χ1v) is 9.47. The largest absolute Gasteiger partial charge is 0.477 e. The third-order valence-corrected chi connectivity index (χ3v) is 6.14. The van der Waals surface area contributed by atoms with Gasteiger partial charge in [0.15, 0.2) is 0 Å². The summed E-state index contributed by atoms with van der Waals surface area (Å²) in [6.45, 7) is 3.59. The predicted molar refractivity (Wildman–Crippen MR) is 97.6 cm³/mol. The Labute approximate surface area is 153 Å². The highest BCUT2D eigenvalue weighted by atomic mass is 32.2. The van der Waals surface area contributed by atoms with Crippen molar-refractivity contribution >= 4 is 41.3 Å². The number of thioether (sulfide) groups is 2. The van der Waals surface area contributed by atoms with Crippen molar-refractivity contribution in [1.29, 1.82) is 0 Å². The molecule has 25 heavy (non-hydrogen) atoms.